The normalized spacial score (nSPS) is 12.1. The van der Waals surface area contributed by atoms with Gasteiger partial charge in [0.15, 0.2) is 6.10 Å². The van der Waals surface area contributed by atoms with Gasteiger partial charge in [-0.1, -0.05) is 37.2 Å². The van der Waals surface area contributed by atoms with E-state index in [1.807, 2.05) is 58.0 Å². The molecule has 0 saturated heterocycles. The van der Waals surface area contributed by atoms with Gasteiger partial charge in [-0.05, 0) is 55.3 Å². The first-order chi connectivity index (χ1) is 16.4. The van der Waals surface area contributed by atoms with E-state index in [0.717, 1.165) is 16.7 Å². The SMILES string of the molecule is CCC(Oc1ccc(-c2noc(C(C)C)n2)cc1)c1nc(-c2ccc(C(=O)OC)c(C)c2)no1. The van der Waals surface area contributed by atoms with Crippen LogP contribution in [0.15, 0.2) is 51.5 Å². The van der Waals surface area contributed by atoms with Crippen LogP contribution in [0.5, 0.6) is 5.75 Å². The number of methoxy groups -OCH3 is 1. The maximum Gasteiger partial charge on any atom is 0.338 e. The minimum absolute atomic E-state index is 0.170. The number of hydrogen-bond donors (Lipinski definition) is 0. The molecule has 9 nitrogen and oxygen atoms in total. The number of nitrogens with zero attached hydrogens (tertiary/aromatic N) is 4. The Morgan fingerprint density at radius 1 is 0.941 bits per heavy atom. The van der Waals surface area contributed by atoms with E-state index in [2.05, 4.69) is 20.3 Å². The van der Waals surface area contributed by atoms with E-state index < -0.39 is 6.10 Å². The summed E-state index contributed by atoms with van der Waals surface area (Å²) < 4.78 is 21.7. The summed E-state index contributed by atoms with van der Waals surface area (Å²) in [6.07, 6.45) is 0.215. The molecule has 0 amide bonds. The third-order valence-electron chi connectivity index (χ3n) is 5.30. The van der Waals surface area contributed by atoms with Gasteiger partial charge in [0.25, 0.3) is 5.89 Å². The highest BCUT2D eigenvalue weighted by Gasteiger charge is 2.21. The molecule has 0 spiro atoms. The van der Waals surface area contributed by atoms with E-state index in [-0.39, 0.29) is 11.9 Å². The maximum atomic E-state index is 11.8. The molecule has 4 rings (SSSR count). The quantitative estimate of drug-likeness (QED) is 0.312. The van der Waals surface area contributed by atoms with Crippen LogP contribution in [0.3, 0.4) is 0 Å². The lowest BCUT2D eigenvalue weighted by atomic mass is 10.0. The van der Waals surface area contributed by atoms with Crippen LogP contribution in [0.1, 0.15) is 66.9 Å². The van der Waals surface area contributed by atoms with E-state index in [1.165, 1.54) is 7.11 Å². The van der Waals surface area contributed by atoms with Crippen LogP contribution in [0.25, 0.3) is 22.8 Å². The standard InChI is InChI=1S/C25H26N4O5/c1-6-20(32-18-10-7-16(8-11-18)21-26-23(14(2)3)33-28-21)24-27-22(29-34-24)17-9-12-19(15(4)13-17)25(30)31-5/h7-14,20H,6H2,1-5H3. The summed E-state index contributed by atoms with van der Waals surface area (Å²) in [6, 6.07) is 12.7. The summed E-state index contributed by atoms with van der Waals surface area (Å²) in [7, 11) is 1.35. The van der Waals surface area contributed by atoms with Crippen molar-refractivity contribution in [3.05, 3.63) is 65.4 Å². The number of carbonyl (C=O) groups excluding carboxylic acids is 1. The number of benzene rings is 2. The molecule has 2 aromatic heterocycles. The topological polar surface area (TPSA) is 113 Å². The maximum absolute atomic E-state index is 11.8. The van der Waals surface area contributed by atoms with E-state index in [1.54, 1.807) is 12.1 Å². The second-order valence-corrected chi connectivity index (χ2v) is 8.13. The lowest BCUT2D eigenvalue weighted by Gasteiger charge is -2.13. The van der Waals surface area contributed by atoms with Crippen LogP contribution in [-0.4, -0.2) is 33.4 Å². The monoisotopic (exact) mass is 462 g/mol. The van der Waals surface area contributed by atoms with Crippen molar-refractivity contribution < 1.29 is 23.3 Å². The van der Waals surface area contributed by atoms with Crippen molar-refractivity contribution in [1.29, 1.82) is 0 Å². The zero-order chi connectivity index (χ0) is 24.2. The zero-order valence-electron chi connectivity index (χ0n) is 19.7. The minimum atomic E-state index is -0.416. The highest BCUT2D eigenvalue weighted by molar-refractivity contribution is 5.91. The first-order valence-electron chi connectivity index (χ1n) is 11.0. The van der Waals surface area contributed by atoms with Crippen molar-refractivity contribution in [2.45, 2.75) is 46.1 Å². The van der Waals surface area contributed by atoms with Gasteiger partial charge in [0.1, 0.15) is 5.75 Å². The molecule has 0 N–H and O–H groups in total. The lowest BCUT2D eigenvalue weighted by molar-refractivity contribution is 0.0600. The number of ether oxygens (including phenoxy) is 2. The van der Waals surface area contributed by atoms with Crippen LogP contribution in [-0.2, 0) is 4.74 Å². The summed E-state index contributed by atoms with van der Waals surface area (Å²) in [5.74, 6) is 2.37. The van der Waals surface area contributed by atoms with Crippen molar-refractivity contribution >= 4 is 5.97 Å². The summed E-state index contributed by atoms with van der Waals surface area (Å²) in [4.78, 5) is 20.7. The molecule has 34 heavy (non-hydrogen) atoms. The summed E-state index contributed by atoms with van der Waals surface area (Å²) in [5.41, 5.74) is 2.83. The number of rotatable bonds is 8. The third-order valence-corrected chi connectivity index (χ3v) is 5.30. The Labute approximate surface area is 197 Å². The van der Waals surface area contributed by atoms with Crippen molar-refractivity contribution in [3.63, 3.8) is 0 Å². The van der Waals surface area contributed by atoms with Gasteiger partial charge in [-0.25, -0.2) is 4.79 Å². The molecule has 0 aliphatic heterocycles. The fourth-order valence-corrected chi connectivity index (χ4v) is 3.37. The van der Waals surface area contributed by atoms with Crippen LogP contribution in [0, 0.1) is 6.92 Å². The van der Waals surface area contributed by atoms with E-state index in [0.29, 0.717) is 41.2 Å². The van der Waals surface area contributed by atoms with Gasteiger partial charge in [-0.2, -0.15) is 9.97 Å². The van der Waals surface area contributed by atoms with E-state index in [4.69, 9.17) is 18.5 Å². The Kier molecular flexibility index (Phi) is 6.72. The second-order valence-electron chi connectivity index (χ2n) is 8.13. The number of carbonyl (C=O) groups is 1. The van der Waals surface area contributed by atoms with Crippen molar-refractivity contribution in [2.24, 2.45) is 0 Å². The van der Waals surface area contributed by atoms with Gasteiger partial charge < -0.3 is 18.5 Å². The molecular formula is C25H26N4O5. The van der Waals surface area contributed by atoms with E-state index in [9.17, 15) is 4.79 Å². The molecular weight excluding hydrogens is 436 g/mol. The Morgan fingerprint density at radius 2 is 1.56 bits per heavy atom. The fraction of sp³-hybridized carbons (Fsp3) is 0.320. The molecule has 4 aromatic rings. The van der Waals surface area contributed by atoms with Crippen LogP contribution < -0.4 is 4.74 Å². The van der Waals surface area contributed by atoms with E-state index >= 15 is 0 Å². The average Bonchev–Trinajstić information content (AvgIpc) is 3.53. The molecule has 0 aliphatic rings. The van der Waals surface area contributed by atoms with Crippen molar-refractivity contribution in [2.75, 3.05) is 7.11 Å². The van der Waals surface area contributed by atoms with Gasteiger partial charge in [0.05, 0.1) is 12.7 Å². The first kappa shape index (κ1) is 23.2. The average molecular weight is 463 g/mol. The van der Waals surface area contributed by atoms with Crippen LogP contribution in [0.2, 0.25) is 0 Å². The molecule has 0 fully saturated rings. The molecule has 1 atom stereocenters. The number of aryl methyl sites for hydroxylation is 1. The van der Waals surface area contributed by atoms with Gasteiger partial charge in [0.2, 0.25) is 17.5 Å². The minimum Gasteiger partial charge on any atom is -0.481 e. The molecule has 2 heterocycles. The van der Waals surface area contributed by atoms with Crippen molar-refractivity contribution in [3.8, 4) is 28.5 Å². The Hall–Kier alpha value is -4.01. The zero-order valence-corrected chi connectivity index (χ0v) is 19.7. The molecule has 0 bridgehead atoms. The molecule has 176 valence electrons. The molecule has 0 saturated carbocycles. The Morgan fingerprint density at radius 3 is 2.15 bits per heavy atom. The van der Waals surface area contributed by atoms with Crippen molar-refractivity contribution in [1.82, 2.24) is 20.3 Å². The second kappa shape index (κ2) is 9.86. The van der Waals surface area contributed by atoms with Crippen LogP contribution in [0.4, 0.5) is 0 Å². The summed E-state index contributed by atoms with van der Waals surface area (Å²) >= 11 is 0. The third kappa shape index (κ3) is 4.83. The Balaban J connectivity index is 1.48. The molecule has 0 radical (unpaired) electrons. The summed E-state index contributed by atoms with van der Waals surface area (Å²) in [5, 5.41) is 8.13. The fourth-order valence-electron chi connectivity index (χ4n) is 3.37. The first-order valence-corrected chi connectivity index (χ1v) is 11.0. The van der Waals surface area contributed by atoms with Gasteiger partial charge in [0, 0.05) is 17.0 Å². The number of hydrogen-bond acceptors (Lipinski definition) is 9. The number of esters is 1. The molecule has 1 unspecified atom stereocenters. The molecule has 0 aliphatic carbocycles. The highest BCUT2D eigenvalue weighted by atomic mass is 16.5. The lowest BCUT2D eigenvalue weighted by Crippen LogP contribution is -2.07. The predicted octanol–water partition coefficient (Wildman–Crippen LogP) is 5.54. The molecule has 9 heteroatoms. The van der Waals surface area contributed by atoms with Gasteiger partial charge in [-0.15, -0.1) is 0 Å². The van der Waals surface area contributed by atoms with Gasteiger partial charge >= 0.3 is 5.97 Å². The summed E-state index contributed by atoms with van der Waals surface area (Å²) in [6.45, 7) is 7.81. The smallest absolute Gasteiger partial charge is 0.338 e. The number of aromatic nitrogens is 4. The Bertz CT molecular complexity index is 1280. The van der Waals surface area contributed by atoms with Gasteiger partial charge in [-0.3, -0.25) is 0 Å². The predicted molar refractivity (Wildman–Crippen MR) is 123 cm³/mol. The van der Waals surface area contributed by atoms with Crippen LogP contribution >= 0.6 is 0 Å². The largest absolute Gasteiger partial charge is 0.481 e. The molecule has 2 aromatic carbocycles. The highest BCUT2D eigenvalue weighted by Crippen LogP contribution is 2.28.